The van der Waals surface area contributed by atoms with Crippen molar-refractivity contribution in [1.82, 2.24) is 0 Å². The predicted octanol–water partition coefficient (Wildman–Crippen LogP) is 6.11. The number of halogens is 4. The summed E-state index contributed by atoms with van der Waals surface area (Å²) in [5.41, 5.74) is 1.84. The first-order valence-electron chi connectivity index (χ1n) is 5.61. The maximum absolute atomic E-state index is 6.16. The quantitative estimate of drug-likeness (QED) is 0.604. The van der Waals surface area contributed by atoms with Crippen LogP contribution in [0.1, 0.15) is 23.3 Å². The Balaban J connectivity index is 1.88. The van der Waals surface area contributed by atoms with Gasteiger partial charge in [-0.05, 0) is 24.3 Å². The second kappa shape index (κ2) is 5.16. The van der Waals surface area contributed by atoms with Gasteiger partial charge in [0, 0.05) is 31.2 Å². The molecule has 2 aromatic carbocycles. The molecule has 0 N–H and O–H groups in total. The maximum Gasteiger partial charge on any atom is 0.115 e. The van der Waals surface area contributed by atoms with Crippen LogP contribution < -0.4 is 0 Å². The lowest BCUT2D eigenvalue weighted by Crippen LogP contribution is -1.87. The molecule has 19 heavy (non-hydrogen) atoms. The van der Waals surface area contributed by atoms with Gasteiger partial charge in [-0.3, -0.25) is 0 Å². The first-order chi connectivity index (χ1) is 9.06. The summed E-state index contributed by atoms with van der Waals surface area (Å²) < 4.78 is 5.68. The van der Waals surface area contributed by atoms with Gasteiger partial charge in [-0.2, -0.15) is 0 Å². The van der Waals surface area contributed by atoms with Crippen molar-refractivity contribution in [1.29, 1.82) is 0 Å². The van der Waals surface area contributed by atoms with Gasteiger partial charge < -0.3 is 4.74 Å². The highest BCUT2D eigenvalue weighted by Crippen LogP contribution is 2.54. The van der Waals surface area contributed by atoms with Crippen molar-refractivity contribution >= 4 is 46.4 Å². The maximum atomic E-state index is 6.16. The number of ether oxygens (including phenoxy) is 1. The molecule has 98 valence electrons. The van der Waals surface area contributed by atoms with Gasteiger partial charge in [0.25, 0.3) is 0 Å². The van der Waals surface area contributed by atoms with E-state index in [2.05, 4.69) is 0 Å². The Kier molecular flexibility index (Phi) is 3.67. The molecule has 1 fully saturated rings. The fourth-order valence-corrected chi connectivity index (χ4v) is 3.08. The van der Waals surface area contributed by atoms with Crippen molar-refractivity contribution in [3.8, 4) is 0 Å². The molecule has 0 amide bonds. The summed E-state index contributed by atoms with van der Waals surface area (Å²) >= 11 is 24.1. The Hall–Kier alpha value is -0.440. The summed E-state index contributed by atoms with van der Waals surface area (Å²) in [5.74, 6) is 0. The fraction of sp³-hybridized carbons (Fsp3) is 0.143. The highest BCUT2D eigenvalue weighted by molar-refractivity contribution is 6.35. The van der Waals surface area contributed by atoms with E-state index in [-0.39, 0.29) is 12.2 Å². The van der Waals surface area contributed by atoms with Crippen LogP contribution in [-0.4, -0.2) is 0 Å². The zero-order chi connectivity index (χ0) is 13.6. The van der Waals surface area contributed by atoms with Crippen LogP contribution in [-0.2, 0) is 4.74 Å². The molecule has 1 saturated heterocycles. The number of epoxide rings is 1. The number of hydrogen-bond acceptors (Lipinski definition) is 1. The minimum absolute atomic E-state index is 0.0801. The largest absolute Gasteiger partial charge is 0.359 e. The lowest BCUT2D eigenvalue weighted by Gasteiger charge is -2.03. The Morgan fingerprint density at radius 2 is 1.11 bits per heavy atom. The van der Waals surface area contributed by atoms with E-state index in [1.54, 1.807) is 24.3 Å². The van der Waals surface area contributed by atoms with E-state index < -0.39 is 0 Å². The minimum Gasteiger partial charge on any atom is -0.359 e. The van der Waals surface area contributed by atoms with Crippen LogP contribution in [0.4, 0.5) is 0 Å². The van der Waals surface area contributed by atoms with Gasteiger partial charge in [-0.25, -0.2) is 0 Å². The van der Waals surface area contributed by atoms with Crippen molar-refractivity contribution in [3.63, 3.8) is 0 Å². The highest BCUT2D eigenvalue weighted by atomic mass is 35.5. The van der Waals surface area contributed by atoms with Crippen molar-refractivity contribution < 1.29 is 4.74 Å². The van der Waals surface area contributed by atoms with Crippen LogP contribution in [0.5, 0.6) is 0 Å². The summed E-state index contributed by atoms with van der Waals surface area (Å²) in [6, 6.07) is 10.8. The molecule has 3 rings (SSSR count). The van der Waals surface area contributed by atoms with Gasteiger partial charge in [0.1, 0.15) is 12.2 Å². The highest BCUT2D eigenvalue weighted by Gasteiger charge is 2.43. The van der Waals surface area contributed by atoms with Gasteiger partial charge in [0.05, 0.1) is 0 Å². The third-order valence-corrected chi connectivity index (χ3v) is 4.15. The van der Waals surface area contributed by atoms with Crippen LogP contribution in [0.3, 0.4) is 0 Å². The van der Waals surface area contributed by atoms with E-state index in [0.29, 0.717) is 20.1 Å². The smallest absolute Gasteiger partial charge is 0.115 e. The molecule has 1 aliphatic rings. The Labute approximate surface area is 131 Å². The molecule has 2 atom stereocenters. The van der Waals surface area contributed by atoms with E-state index in [1.165, 1.54) is 0 Å². The Morgan fingerprint density at radius 1 is 0.684 bits per heavy atom. The van der Waals surface area contributed by atoms with Gasteiger partial charge in [0.15, 0.2) is 0 Å². The standard InChI is InChI=1S/C14H8Cl4O/c15-7-1-3-9(11(17)5-7)13-14(19-13)10-4-2-8(16)6-12(10)18/h1-6,13-14H. The van der Waals surface area contributed by atoms with Gasteiger partial charge in [0.2, 0.25) is 0 Å². The second-order valence-electron chi connectivity index (χ2n) is 4.31. The molecule has 0 bridgehead atoms. The first-order valence-corrected chi connectivity index (χ1v) is 7.13. The average Bonchev–Trinajstić information content (AvgIpc) is 3.08. The van der Waals surface area contributed by atoms with Crippen molar-refractivity contribution in [2.75, 3.05) is 0 Å². The molecule has 1 nitrogen and oxygen atoms in total. The molecule has 2 aromatic rings. The van der Waals surface area contributed by atoms with Crippen molar-refractivity contribution in [2.45, 2.75) is 12.2 Å². The first kappa shape index (κ1) is 13.5. The Morgan fingerprint density at radius 3 is 1.47 bits per heavy atom. The lowest BCUT2D eigenvalue weighted by molar-refractivity contribution is 0.378. The summed E-state index contributed by atoms with van der Waals surface area (Å²) in [5, 5.41) is 2.42. The van der Waals surface area contributed by atoms with E-state index >= 15 is 0 Å². The van der Waals surface area contributed by atoms with E-state index in [4.69, 9.17) is 51.1 Å². The van der Waals surface area contributed by atoms with Crippen LogP contribution in [0.25, 0.3) is 0 Å². The predicted molar refractivity (Wildman–Crippen MR) is 79.5 cm³/mol. The third kappa shape index (κ3) is 2.72. The molecule has 0 spiro atoms. The zero-order valence-electron chi connectivity index (χ0n) is 9.54. The van der Waals surface area contributed by atoms with E-state index in [9.17, 15) is 0 Å². The molecule has 5 heteroatoms. The summed E-state index contributed by atoms with van der Waals surface area (Å²) in [6.07, 6.45) is -0.160. The minimum atomic E-state index is -0.0801. The lowest BCUT2D eigenvalue weighted by atomic mass is 10.0. The van der Waals surface area contributed by atoms with Gasteiger partial charge >= 0.3 is 0 Å². The fourth-order valence-electron chi connectivity index (χ4n) is 2.05. The molecule has 0 aromatic heterocycles. The molecule has 2 unspecified atom stereocenters. The van der Waals surface area contributed by atoms with Crippen LogP contribution in [0.15, 0.2) is 36.4 Å². The summed E-state index contributed by atoms with van der Waals surface area (Å²) in [6.45, 7) is 0. The summed E-state index contributed by atoms with van der Waals surface area (Å²) in [4.78, 5) is 0. The number of hydrogen-bond donors (Lipinski definition) is 0. The molecule has 0 aliphatic carbocycles. The van der Waals surface area contributed by atoms with Crippen molar-refractivity contribution in [3.05, 3.63) is 67.6 Å². The zero-order valence-corrected chi connectivity index (χ0v) is 12.6. The number of rotatable bonds is 2. The van der Waals surface area contributed by atoms with Crippen LogP contribution in [0, 0.1) is 0 Å². The third-order valence-electron chi connectivity index (χ3n) is 3.03. The molecule has 1 aliphatic heterocycles. The van der Waals surface area contributed by atoms with Gasteiger partial charge in [-0.1, -0.05) is 58.5 Å². The Bertz CT molecular complexity index is 586. The van der Waals surface area contributed by atoms with E-state index in [1.807, 2.05) is 12.1 Å². The normalized spacial score (nSPS) is 21.5. The summed E-state index contributed by atoms with van der Waals surface area (Å²) in [7, 11) is 0. The van der Waals surface area contributed by atoms with E-state index in [0.717, 1.165) is 11.1 Å². The molecular formula is C14H8Cl4O. The van der Waals surface area contributed by atoms with Gasteiger partial charge in [-0.15, -0.1) is 0 Å². The van der Waals surface area contributed by atoms with Crippen LogP contribution >= 0.6 is 46.4 Å². The van der Waals surface area contributed by atoms with Crippen LogP contribution in [0.2, 0.25) is 20.1 Å². The van der Waals surface area contributed by atoms with Crippen molar-refractivity contribution in [2.24, 2.45) is 0 Å². The average molecular weight is 334 g/mol. The molecule has 1 heterocycles. The molecular weight excluding hydrogens is 326 g/mol. The molecule has 0 radical (unpaired) electrons. The monoisotopic (exact) mass is 332 g/mol. The topological polar surface area (TPSA) is 12.5 Å². The number of benzene rings is 2. The molecule has 0 saturated carbocycles. The SMILES string of the molecule is Clc1ccc(C2OC2c2ccc(Cl)cc2Cl)c(Cl)c1. The second-order valence-corrected chi connectivity index (χ2v) is 6.00.